The molecule has 3 aliphatic rings. The summed E-state index contributed by atoms with van der Waals surface area (Å²) in [5.41, 5.74) is -2.50. The van der Waals surface area contributed by atoms with Gasteiger partial charge in [-0.1, -0.05) is 18.7 Å². The number of fused-ring (bicyclic) bond motifs is 3. The van der Waals surface area contributed by atoms with E-state index < -0.39 is 53.1 Å². The second kappa shape index (κ2) is 7.30. The summed E-state index contributed by atoms with van der Waals surface area (Å²) in [5, 5.41) is 31.2. The number of esters is 2. The maximum absolute atomic E-state index is 12.4. The average molecular weight is 413 g/mol. The number of halogens is 1. The summed E-state index contributed by atoms with van der Waals surface area (Å²) in [4.78, 5) is 24.7. The van der Waals surface area contributed by atoms with Crippen molar-refractivity contribution in [2.75, 3.05) is 12.5 Å². The van der Waals surface area contributed by atoms with E-state index >= 15 is 0 Å². The van der Waals surface area contributed by atoms with Crippen LogP contribution in [0.5, 0.6) is 0 Å². The van der Waals surface area contributed by atoms with E-state index in [1.165, 1.54) is 13.0 Å². The minimum atomic E-state index is -1.49. The molecular weight excluding hydrogens is 388 g/mol. The van der Waals surface area contributed by atoms with Gasteiger partial charge in [-0.15, -0.1) is 11.6 Å². The molecule has 0 aromatic rings. The average Bonchev–Trinajstić information content (AvgIpc) is 3.06. The third-order valence-electron chi connectivity index (χ3n) is 6.10. The predicted octanol–water partition coefficient (Wildman–Crippen LogP) is 0.861. The third kappa shape index (κ3) is 3.30. The highest BCUT2D eigenvalue weighted by molar-refractivity contribution is 6.18. The summed E-state index contributed by atoms with van der Waals surface area (Å²) in [7, 11) is 0. The number of aliphatic hydroxyl groups excluding tert-OH is 1. The lowest BCUT2D eigenvalue weighted by atomic mass is 9.73. The molecule has 2 aliphatic carbocycles. The van der Waals surface area contributed by atoms with E-state index in [1.54, 1.807) is 19.1 Å². The second-order valence-corrected chi connectivity index (χ2v) is 8.28. The van der Waals surface area contributed by atoms with Gasteiger partial charge in [-0.25, -0.2) is 9.59 Å². The SMILES string of the molecule is C=C1C(=O)OC2C1C(OC(=O)/C(C)=C/CO)CC(O)(CCl)C1C=CC(C)(O)C21. The van der Waals surface area contributed by atoms with Gasteiger partial charge in [0.15, 0.2) is 0 Å². The Labute approximate surface area is 168 Å². The standard InChI is InChI=1S/C20H25ClO7/c1-10(5-7-22)17(23)27-13-8-20(26,9-21)12-4-6-19(3,25)15(12)16-14(13)11(2)18(24)28-16/h4-6,12-16,22,25-26H,2,7-9H2,1,3H3/b10-5+. The fraction of sp³-hybridized carbons (Fsp3) is 0.600. The van der Waals surface area contributed by atoms with Crippen molar-refractivity contribution in [1.29, 1.82) is 0 Å². The first kappa shape index (κ1) is 21.0. The van der Waals surface area contributed by atoms with Crippen LogP contribution >= 0.6 is 11.6 Å². The van der Waals surface area contributed by atoms with Gasteiger partial charge >= 0.3 is 11.9 Å². The molecule has 1 saturated carbocycles. The highest BCUT2D eigenvalue weighted by Gasteiger charge is 2.63. The van der Waals surface area contributed by atoms with Crippen molar-refractivity contribution in [3.8, 4) is 0 Å². The van der Waals surface area contributed by atoms with Crippen molar-refractivity contribution in [1.82, 2.24) is 0 Å². The van der Waals surface area contributed by atoms with Crippen molar-refractivity contribution in [2.45, 2.75) is 43.7 Å². The van der Waals surface area contributed by atoms with E-state index in [9.17, 15) is 19.8 Å². The lowest BCUT2D eigenvalue weighted by Crippen LogP contribution is -2.49. The van der Waals surface area contributed by atoms with Gasteiger partial charge in [-0.05, 0) is 19.9 Å². The lowest BCUT2D eigenvalue weighted by Gasteiger charge is -2.38. The molecule has 28 heavy (non-hydrogen) atoms. The van der Waals surface area contributed by atoms with E-state index in [0.717, 1.165) is 0 Å². The van der Waals surface area contributed by atoms with Gasteiger partial charge in [0.1, 0.15) is 12.2 Å². The van der Waals surface area contributed by atoms with Crippen LogP contribution in [0.25, 0.3) is 0 Å². The van der Waals surface area contributed by atoms with Crippen LogP contribution in [-0.4, -0.2) is 63.2 Å². The second-order valence-electron chi connectivity index (χ2n) is 8.01. The molecule has 0 radical (unpaired) electrons. The monoisotopic (exact) mass is 412 g/mol. The largest absolute Gasteiger partial charge is 0.458 e. The van der Waals surface area contributed by atoms with Gasteiger partial charge in [0.25, 0.3) is 0 Å². The summed E-state index contributed by atoms with van der Waals surface area (Å²) >= 11 is 6.11. The van der Waals surface area contributed by atoms with E-state index in [2.05, 4.69) is 6.58 Å². The van der Waals surface area contributed by atoms with Gasteiger partial charge < -0.3 is 24.8 Å². The fourth-order valence-corrected chi connectivity index (χ4v) is 4.89. The Kier molecular flexibility index (Phi) is 5.49. The van der Waals surface area contributed by atoms with Crippen molar-refractivity contribution < 1.29 is 34.4 Å². The van der Waals surface area contributed by atoms with Crippen molar-refractivity contribution in [3.63, 3.8) is 0 Å². The molecule has 154 valence electrons. The molecule has 0 aromatic carbocycles. The summed E-state index contributed by atoms with van der Waals surface area (Å²) < 4.78 is 11.1. The van der Waals surface area contributed by atoms with E-state index in [1.807, 2.05) is 0 Å². The molecule has 7 unspecified atom stereocenters. The number of aliphatic hydroxyl groups is 3. The molecule has 0 amide bonds. The van der Waals surface area contributed by atoms with E-state index in [0.29, 0.717) is 0 Å². The van der Waals surface area contributed by atoms with E-state index in [-0.39, 0.29) is 30.1 Å². The summed E-state index contributed by atoms with van der Waals surface area (Å²) in [6.45, 7) is 6.55. The van der Waals surface area contributed by atoms with Gasteiger partial charge in [0.2, 0.25) is 0 Å². The summed E-state index contributed by atoms with van der Waals surface area (Å²) in [6, 6.07) is 0. The number of carbonyl (C=O) groups is 2. The predicted molar refractivity (Wildman–Crippen MR) is 100 cm³/mol. The summed E-state index contributed by atoms with van der Waals surface area (Å²) in [5.74, 6) is -3.44. The third-order valence-corrected chi connectivity index (χ3v) is 6.57. The molecule has 7 nitrogen and oxygen atoms in total. The number of ether oxygens (including phenoxy) is 2. The Morgan fingerprint density at radius 1 is 1.50 bits per heavy atom. The number of carbonyl (C=O) groups excluding carboxylic acids is 2. The Morgan fingerprint density at radius 3 is 2.79 bits per heavy atom. The molecule has 0 aromatic heterocycles. The van der Waals surface area contributed by atoms with Crippen molar-refractivity contribution in [2.24, 2.45) is 17.8 Å². The zero-order valence-electron chi connectivity index (χ0n) is 15.8. The molecule has 0 bridgehead atoms. The van der Waals surface area contributed by atoms with Gasteiger partial charge in [0.05, 0.1) is 29.6 Å². The highest BCUT2D eigenvalue weighted by Crippen LogP contribution is 2.53. The van der Waals surface area contributed by atoms with Crippen LogP contribution in [-0.2, 0) is 19.1 Å². The maximum atomic E-state index is 12.4. The summed E-state index contributed by atoms with van der Waals surface area (Å²) in [6.07, 6.45) is 2.75. The first-order valence-electron chi connectivity index (χ1n) is 9.14. The quantitative estimate of drug-likeness (QED) is 0.271. The van der Waals surface area contributed by atoms with Crippen LogP contribution in [0, 0.1) is 17.8 Å². The smallest absolute Gasteiger partial charge is 0.334 e. The topological polar surface area (TPSA) is 113 Å². The molecule has 7 atom stereocenters. The van der Waals surface area contributed by atoms with Gasteiger partial charge in [0, 0.05) is 29.4 Å². The minimum Gasteiger partial charge on any atom is -0.458 e. The number of hydrogen-bond acceptors (Lipinski definition) is 7. The Hall–Kier alpha value is -1.67. The fourth-order valence-electron chi connectivity index (χ4n) is 4.60. The molecular formula is C20H25ClO7. The maximum Gasteiger partial charge on any atom is 0.334 e. The number of hydrogen-bond donors (Lipinski definition) is 3. The molecule has 0 spiro atoms. The molecule has 3 N–H and O–H groups in total. The molecule has 1 heterocycles. The first-order valence-corrected chi connectivity index (χ1v) is 9.67. The van der Waals surface area contributed by atoms with E-state index in [4.69, 9.17) is 26.2 Å². The Balaban J connectivity index is 2.04. The first-order chi connectivity index (χ1) is 13.1. The van der Waals surface area contributed by atoms with Crippen LogP contribution < -0.4 is 0 Å². The Morgan fingerprint density at radius 2 is 2.18 bits per heavy atom. The van der Waals surface area contributed by atoms with Crippen molar-refractivity contribution >= 4 is 23.5 Å². The van der Waals surface area contributed by atoms with Crippen LogP contribution in [0.15, 0.2) is 36.0 Å². The van der Waals surface area contributed by atoms with Crippen LogP contribution in [0.2, 0.25) is 0 Å². The van der Waals surface area contributed by atoms with Crippen LogP contribution in [0.4, 0.5) is 0 Å². The lowest BCUT2D eigenvalue weighted by molar-refractivity contribution is -0.151. The van der Waals surface area contributed by atoms with Crippen LogP contribution in [0.1, 0.15) is 20.3 Å². The highest BCUT2D eigenvalue weighted by atomic mass is 35.5. The molecule has 3 rings (SSSR count). The molecule has 1 saturated heterocycles. The number of rotatable bonds is 4. The molecule has 1 aliphatic heterocycles. The normalized spacial score (nSPS) is 42.6. The zero-order chi connectivity index (χ0) is 20.9. The van der Waals surface area contributed by atoms with Crippen molar-refractivity contribution in [3.05, 3.63) is 36.0 Å². The zero-order valence-corrected chi connectivity index (χ0v) is 16.6. The molecule has 8 heteroatoms. The van der Waals surface area contributed by atoms with Crippen LogP contribution in [0.3, 0.4) is 0 Å². The molecule has 2 fully saturated rings. The number of alkyl halides is 1. The Bertz CT molecular complexity index is 756. The minimum absolute atomic E-state index is 0.0486. The van der Waals surface area contributed by atoms with Gasteiger partial charge in [-0.2, -0.15) is 0 Å². The van der Waals surface area contributed by atoms with Gasteiger partial charge in [-0.3, -0.25) is 0 Å².